The summed E-state index contributed by atoms with van der Waals surface area (Å²) in [5, 5.41) is 7.68. The highest BCUT2D eigenvalue weighted by molar-refractivity contribution is 7.15. The Labute approximate surface area is 118 Å². The van der Waals surface area contributed by atoms with Crippen molar-refractivity contribution in [2.75, 3.05) is 26.2 Å². The predicted octanol–water partition coefficient (Wildman–Crippen LogP) is 1.94. The number of thiophene rings is 1. The second kappa shape index (κ2) is 5.86. The molecule has 0 radical (unpaired) electrons. The van der Waals surface area contributed by atoms with E-state index in [1.165, 1.54) is 28.3 Å². The molecule has 1 fully saturated rings. The summed E-state index contributed by atoms with van der Waals surface area (Å²) in [6.45, 7) is 5.70. The van der Waals surface area contributed by atoms with E-state index in [1.807, 2.05) is 29.3 Å². The van der Waals surface area contributed by atoms with Crippen LogP contribution >= 0.6 is 11.3 Å². The first-order valence-electron chi connectivity index (χ1n) is 6.82. The van der Waals surface area contributed by atoms with E-state index in [2.05, 4.69) is 33.6 Å². The van der Waals surface area contributed by atoms with E-state index < -0.39 is 0 Å². The molecule has 0 bridgehead atoms. The maximum atomic E-state index is 4.23. The van der Waals surface area contributed by atoms with Gasteiger partial charge in [-0.15, -0.1) is 11.3 Å². The fourth-order valence-corrected chi connectivity index (χ4v) is 3.47. The van der Waals surface area contributed by atoms with Crippen LogP contribution in [0.3, 0.4) is 0 Å². The lowest BCUT2D eigenvalue weighted by atomic mass is 10.3. The lowest BCUT2D eigenvalue weighted by Crippen LogP contribution is -2.27. The lowest BCUT2D eigenvalue weighted by molar-refractivity contribution is 0.287. The fraction of sp³-hybridized carbons (Fsp3) is 0.500. The zero-order valence-electron chi connectivity index (χ0n) is 11.3. The largest absolute Gasteiger partial charge is 0.315 e. The van der Waals surface area contributed by atoms with Gasteiger partial charge in [-0.3, -0.25) is 9.58 Å². The molecule has 0 saturated carbocycles. The highest BCUT2D eigenvalue weighted by atomic mass is 32.1. The molecule has 3 heterocycles. The van der Waals surface area contributed by atoms with Gasteiger partial charge in [-0.1, -0.05) is 0 Å². The van der Waals surface area contributed by atoms with Crippen molar-refractivity contribution >= 4 is 11.3 Å². The summed E-state index contributed by atoms with van der Waals surface area (Å²) in [5.74, 6) is 0. The van der Waals surface area contributed by atoms with Gasteiger partial charge in [0.25, 0.3) is 0 Å². The molecular weight excluding hydrogens is 256 g/mol. The zero-order valence-corrected chi connectivity index (χ0v) is 12.1. The molecule has 0 aromatic carbocycles. The highest BCUT2D eigenvalue weighted by Crippen LogP contribution is 2.28. The van der Waals surface area contributed by atoms with Gasteiger partial charge >= 0.3 is 0 Å². The molecular formula is C14H20N4S. The molecule has 1 aliphatic rings. The number of hydrogen-bond donors (Lipinski definition) is 1. The first-order valence-corrected chi connectivity index (χ1v) is 7.64. The second-order valence-corrected chi connectivity index (χ2v) is 6.22. The van der Waals surface area contributed by atoms with Crippen molar-refractivity contribution < 1.29 is 0 Å². The summed E-state index contributed by atoms with van der Waals surface area (Å²) in [6, 6.07) is 4.47. The Hall–Kier alpha value is -1.17. The third kappa shape index (κ3) is 3.23. The first-order chi connectivity index (χ1) is 9.31. The molecule has 3 rings (SSSR count). The van der Waals surface area contributed by atoms with Gasteiger partial charge < -0.3 is 5.32 Å². The summed E-state index contributed by atoms with van der Waals surface area (Å²) >= 11 is 1.88. The molecule has 2 aromatic rings. The van der Waals surface area contributed by atoms with E-state index in [0.29, 0.717) is 0 Å². The monoisotopic (exact) mass is 276 g/mol. The van der Waals surface area contributed by atoms with Crippen molar-refractivity contribution in [2.24, 2.45) is 7.05 Å². The molecule has 0 unspecified atom stereocenters. The van der Waals surface area contributed by atoms with Crippen LogP contribution in [0.4, 0.5) is 0 Å². The minimum absolute atomic E-state index is 1.08. The molecule has 2 aromatic heterocycles. The Morgan fingerprint density at radius 2 is 2.26 bits per heavy atom. The van der Waals surface area contributed by atoms with Gasteiger partial charge in [-0.05, 0) is 31.6 Å². The summed E-state index contributed by atoms with van der Waals surface area (Å²) in [6.07, 6.45) is 5.26. The third-order valence-electron chi connectivity index (χ3n) is 3.46. The van der Waals surface area contributed by atoms with Gasteiger partial charge in [-0.25, -0.2) is 0 Å². The molecule has 1 N–H and O–H groups in total. The average molecular weight is 276 g/mol. The number of hydrogen-bond acceptors (Lipinski definition) is 4. The zero-order chi connectivity index (χ0) is 13.1. The Morgan fingerprint density at radius 3 is 3.11 bits per heavy atom. The van der Waals surface area contributed by atoms with Crippen LogP contribution in [0.2, 0.25) is 0 Å². The van der Waals surface area contributed by atoms with E-state index in [4.69, 9.17) is 0 Å². The molecule has 1 aliphatic heterocycles. The normalized spacial score (nSPS) is 17.5. The van der Waals surface area contributed by atoms with Crippen LogP contribution in [0.15, 0.2) is 24.5 Å². The Morgan fingerprint density at radius 1 is 1.32 bits per heavy atom. The number of aryl methyl sites for hydroxylation is 1. The maximum absolute atomic E-state index is 4.23. The fourth-order valence-electron chi connectivity index (χ4n) is 2.45. The van der Waals surface area contributed by atoms with E-state index in [1.54, 1.807) is 0 Å². The van der Waals surface area contributed by atoms with Crippen LogP contribution in [0.5, 0.6) is 0 Å². The van der Waals surface area contributed by atoms with Crippen LogP contribution < -0.4 is 5.32 Å². The van der Waals surface area contributed by atoms with Crippen molar-refractivity contribution in [2.45, 2.75) is 13.0 Å². The van der Waals surface area contributed by atoms with Crippen molar-refractivity contribution in [1.82, 2.24) is 20.0 Å². The second-order valence-electron chi connectivity index (χ2n) is 5.05. The molecule has 5 heteroatoms. The van der Waals surface area contributed by atoms with Crippen LogP contribution in [-0.2, 0) is 13.6 Å². The molecule has 4 nitrogen and oxygen atoms in total. The summed E-state index contributed by atoms with van der Waals surface area (Å²) in [7, 11) is 1.96. The van der Waals surface area contributed by atoms with Gasteiger partial charge in [0.15, 0.2) is 0 Å². The molecule has 0 atom stereocenters. The molecule has 19 heavy (non-hydrogen) atoms. The molecule has 1 saturated heterocycles. The SMILES string of the molecule is Cn1cc(-c2ccc(CN3CCCNCC3)s2)cn1. The van der Waals surface area contributed by atoms with Gasteiger partial charge in [0.05, 0.1) is 6.20 Å². The van der Waals surface area contributed by atoms with Gasteiger partial charge in [0.2, 0.25) is 0 Å². The van der Waals surface area contributed by atoms with Crippen LogP contribution in [0.25, 0.3) is 10.4 Å². The van der Waals surface area contributed by atoms with Gasteiger partial charge in [0, 0.05) is 48.2 Å². The van der Waals surface area contributed by atoms with Gasteiger partial charge in [0.1, 0.15) is 0 Å². The number of nitrogens with zero attached hydrogens (tertiary/aromatic N) is 3. The van der Waals surface area contributed by atoms with Crippen LogP contribution in [0.1, 0.15) is 11.3 Å². The number of rotatable bonds is 3. The summed E-state index contributed by atoms with van der Waals surface area (Å²) < 4.78 is 1.86. The highest BCUT2D eigenvalue weighted by Gasteiger charge is 2.11. The molecule has 0 aliphatic carbocycles. The maximum Gasteiger partial charge on any atom is 0.0576 e. The Kier molecular flexibility index (Phi) is 3.96. The number of aromatic nitrogens is 2. The summed E-state index contributed by atoms with van der Waals surface area (Å²) in [5.41, 5.74) is 1.22. The van der Waals surface area contributed by atoms with Crippen molar-refractivity contribution in [3.63, 3.8) is 0 Å². The van der Waals surface area contributed by atoms with Crippen LogP contribution in [0, 0.1) is 0 Å². The van der Waals surface area contributed by atoms with Gasteiger partial charge in [-0.2, -0.15) is 5.10 Å². The lowest BCUT2D eigenvalue weighted by Gasteiger charge is -2.17. The topological polar surface area (TPSA) is 33.1 Å². The first kappa shape index (κ1) is 12.8. The predicted molar refractivity (Wildman–Crippen MR) is 79.3 cm³/mol. The Bertz CT molecular complexity index is 523. The van der Waals surface area contributed by atoms with E-state index in [9.17, 15) is 0 Å². The molecule has 0 spiro atoms. The van der Waals surface area contributed by atoms with E-state index in [-0.39, 0.29) is 0 Å². The van der Waals surface area contributed by atoms with Crippen molar-refractivity contribution in [1.29, 1.82) is 0 Å². The standard InChI is InChI=1S/C14H20N4S/c1-17-10-12(9-16-17)14-4-3-13(19-14)11-18-7-2-5-15-6-8-18/h3-4,9-10,15H,2,5-8,11H2,1H3. The third-order valence-corrected chi connectivity index (χ3v) is 4.58. The average Bonchev–Trinajstić information content (AvgIpc) is 2.94. The summed E-state index contributed by atoms with van der Waals surface area (Å²) in [4.78, 5) is 5.30. The smallest absolute Gasteiger partial charge is 0.0576 e. The Balaban J connectivity index is 1.67. The number of nitrogens with one attached hydrogen (secondary N) is 1. The van der Waals surface area contributed by atoms with Crippen molar-refractivity contribution in [3.05, 3.63) is 29.4 Å². The molecule has 0 amide bonds. The van der Waals surface area contributed by atoms with Crippen molar-refractivity contribution in [3.8, 4) is 10.4 Å². The van der Waals surface area contributed by atoms with E-state index >= 15 is 0 Å². The quantitative estimate of drug-likeness (QED) is 0.930. The minimum Gasteiger partial charge on any atom is -0.315 e. The minimum atomic E-state index is 1.08. The van der Waals surface area contributed by atoms with Crippen LogP contribution in [-0.4, -0.2) is 40.9 Å². The molecule has 102 valence electrons. The van der Waals surface area contributed by atoms with E-state index in [0.717, 1.165) is 26.2 Å².